The minimum Gasteiger partial charge on any atom is -0.370 e. The first-order valence-electron chi connectivity index (χ1n) is 5.42. The van der Waals surface area contributed by atoms with Crippen LogP contribution in [0.25, 0.3) is 0 Å². The summed E-state index contributed by atoms with van der Waals surface area (Å²) in [4.78, 5) is 5.59. The zero-order chi connectivity index (χ0) is 12.1. The van der Waals surface area contributed by atoms with Gasteiger partial charge in [-0.15, -0.1) is 0 Å². The predicted molar refractivity (Wildman–Crippen MR) is 74.0 cm³/mol. The quantitative estimate of drug-likeness (QED) is 0.890. The number of nitrogens with one attached hydrogen (secondary N) is 1. The Morgan fingerprint density at radius 3 is 2.82 bits per heavy atom. The molecule has 88 valence electrons. The van der Waals surface area contributed by atoms with E-state index in [4.69, 9.17) is 11.6 Å². The number of hydrogen-bond acceptors (Lipinski definition) is 3. The molecule has 17 heavy (non-hydrogen) atoms. The second-order valence-corrected chi connectivity index (χ2v) is 4.98. The van der Waals surface area contributed by atoms with Gasteiger partial charge in [0.1, 0.15) is 10.8 Å². The van der Waals surface area contributed by atoms with Gasteiger partial charge in [-0.05, 0) is 37.3 Å². The number of rotatable bonds is 4. The molecule has 0 atom stereocenters. The van der Waals surface area contributed by atoms with E-state index >= 15 is 0 Å². The number of pyridine rings is 1. The van der Waals surface area contributed by atoms with Crippen LogP contribution in [-0.4, -0.2) is 11.5 Å². The summed E-state index contributed by atoms with van der Waals surface area (Å²) in [6, 6.07) is 13.7. The Morgan fingerprint density at radius 1 is 1.24 bits per heavy atom. The van der Waals surface area contributed by atoms with E-state index in [-0.39, 0.29) is 0 Å². The highest BCUT2D eigenvalue weighted by Gasteiger charge is 2.00. The Bertz CT molecular complexity index is 502. The van der Waals surface area contributed by atoms with Gasteiger partial charge in [-0.1, -0.05) is 35.5 Å². The fourth-order valence-corrected chi connectivity index (χ4v) is 2.52. The van der Waals surface area contributed by atoms with E-state index < -0.39 is 0 Å². The Hall–Kier alpha value is -1.19. The van der Waals surface area contributed by atoms with Crippen molar-refractivity contribution in [2.24, 2.45) is 0 Å². The van der Waals surface area contributed by atoms with Crippen molar-refractivity contribution >= 4 is 29.2 Å². The maximum absolute atomic E-state index is 5.95. The molecule has 0 unspecified atom stereocenters. The number of hydrogen-bond donors (Lipinski definition) is 1. The average Bonchev–Trinajstić information content (AvgIpc) is 2.30. The van der Waals surface area contributed by atoms with Crippen molar-refractivity contribution in [1.82, 2.24) is 4.98 Å². The monoisotopic (exact) mass is 264 g/mol. The molecule has 2 rings (SSSR count). The predicted octanol–water partition coefficient (Wildman–Crippen LogP) is 4.32. The van der Waals surface area contributed by atoms with E-state index in [0.29, 0.717) is 0 Å². The van der Waals surface area contributed by atoms with Gasteiger partial charge in [-0.25, -0.2) is 4.98 Å². The Balaban J connectivity index is 2.15. The zero-order valence-corrected chi connectivity index (χ0v) is 11.1. The summed E-state index contributed by atoms with van der Waals surface area (Å²) in [6.45, 7) is 2.93. The van der Waals surface area contributed by atoms with E-state index in [9.17, 15) is 0 Å². The van der Waals surface area contributed by atoms with Crippen LogP contribution in [0, 0.1) is 0 Å². The molecule has 0 saturated carbocycles. The molecule has 0 radical (unpaired) electrons. The van der Waals surface area contributed by atoms with Gasteiger partial charge >= 0.3 is 0 Å². The minimum atomic E-state index is 0.748. The van der Waals surface area contributed by atoms with Crippen molar-refractivity contribution in [1.29, 1.82) is 0 Å². The van der Waals surface area contributed by atoms with Gasteiger partial charge in [0, 0.05) is 16.5 Å². The molecule has 1 heterocycles. The topological polar surface area (TPSA) is 24.9 Å². The molecule has 0 amide bonds. The van der Waals surface area contributed by atoms with Gasteiger partial charge in [0.2, 0.25) is 0 Å². The molecule has 0 saturated heterocycles. The van der Waals surface area contributed by atoms with Crippen LogP contribution in [-0.2, 0) is 0 Å². The van der Waals surface area contributed by atoms with Crippen molar-refractivity contribution in [3.05, 3.63) is 47.5 Å². The number of anilines is 1. The molecule has 0 bridgehead atoms. The molecule has 1 aromatic carbocycles. The Labute approximate surface area is 110 Å². The lowest BCUT2D eigenvalue weighted by Gasteiger charge is -2.05. The molecule has 2 aromatic rings. The van der Waals surface area contributed by atoms with E-state index in [2.05, 4.69) is 17.2 Å². The third-order valence-corrected chi connectivity index (χ3v) is 3.26. The smallest absolute Gasteiger partial charge is 0.127 e. The highest BCUT2D eigenvalue weighted by molar-refractivity contribution is 7.99. The highest BCUT2D eigenvalue weighted by Crippen LogP contribution is 2.28. The van der Waals surface area contributed by atoms with E-state index in [1.807, 2.05) is 42.5 Å². The van der Waals surface area contributed by atoms with Crippen LogP contribution in [0.5, 0.6) is 0 Å². The standard InChI is InChI=1S/C13H13ClN2S/c1-2-15-12-7-4-8-13(16-12)17-11-6-3-5-10(14)9-11/h3-9H,2H2,1H3,(H,15,16). The van der Waals surface area contributed by atoms with Crippen LogP contribution in [0.4, 0.5) is 5.82 Å². The molecular formula is C13H13ClN2S. The summed E-state index contributed by atoms with van der Waals surface area (Å²) in [7, 11) is 0. The second-order valence-electron chi connectivity index (χ2n) is 3.45. The largest absolute Gasteiger partial charge is 0.370 e. The normalized spacial score (nSPS) is 10.2. The summed E-state index contributed by atoms with van der Waals surface area (Å²) in [5.41, 5.74) is 0. The molecule has 0 aliphatic rings. The van der Waals surface area contributed by atoms with Crippen LogP contribution in [0.15, 0.2) is 52.4 Å². The Kier molecular flexibility index (Phi) is 4.29. The van der Waals surface area contributed by atoms with Crippen molar-refractivity contribution < 1.29 is 0 Å². The van der Waals surface area contributed by atoms with E-state index in [1.54, 1.807) is 11.8 Å². The molecule has 0 spiro atoms. The first-order valence-corrected chi connectivity index (χ1v) is 6.61. The van der Waals surface area contributed by atoms with Crippen LogP contribution in [0.2, 0.25) is 5.02 Å². The summed E-state index contributed by atoms with van der Waals surface area (Å²) < 4.78 is 0. The SMILES string of the molecule is CCNc1cccc(Sc2cccc(Cl)c2)n1. The van der Waals surface area contributed by atoms with Gasteiger partial charge in [0.05, 0.1) is 0 Å². The molecular weight excluding hydrogens is 252 g/mol. The fraction of sp³-hybridized carbons (Fsp3) is 0.154. The summed E-state index contributed by atoms with van der Waals surface area (Å²) in [5.74, 6) is 0.902. The third-order valence-electron chi connectivity index (χ3n) is 2.10. The number of nitrogens with zero attached hydrogens (tertiary/aromatic N) is 1. The van der Waals surface area contributed by atoms with E-state index in [1.165, 1.54) is 0 Å². The summed E-state index contributed by atoms with van der Waals surface area (Å²) in [6.07, 6.45) is 0. The molecule has 2 nitrogen and oxygen atoms in total. The molecule has 1 aromatic heterocycles. The maximum Gasteiger partial charge on any atom is 0.127 e. The van der Waals surface area contributed by atoms with Crippen LogP contribution in [0.1, 0.15) is 6.92 Å². The third kappa shape index (κ3) is 3.65. The highest BCUT2D eigenvalue weighted by atomic mass is 35.5. The fourth-order valence-electron chi connectivity index (χ4n) is 1.40. The number of halogens is 1. The molecule has 0 fully saturated rings. The first-order chi connectivity index (χ1) is 8.28. The maximum atomic E-state index is 5.95. The van der Waals surface area contributed by atoms with Gasteiger partial charge in [0.25, 0.3) is 0 Å². The lowest BCUT2D eigenvalue weighted by atomic mass is 10.4. The van der Waals surface area contributed by atoms with Crippen LogP contribution < -0.4 is 5.32 Å². The summed E-state index contributed by atoms with van der Waals surface area (Å²) >= 11 is 7.55. The van der Waals surface area contributed by atoms with E-state index in [0.717, 1.165) is 27.3 Å². The van der Waals surface area contributed by atoms with Gasteiger partial charge in [-0.3, -0.25) is 0 Å². The van der Waals surface area contributed by atoms with Gasteiger partial charge < -0.3 is 5.32 Å². The first kappa shape index (κ1) is 12.3. The average molecular weight is 265 g/mol. The number of aromatic nitrogens is 1. The van der Waals surface area contributed by atoms with Gasteiger partial charge in [0.15, 0.2) is 0 Å². The number of benzene rings is 1. The molecule has 4 heteroatoms. The van der Waals surface area contributed by atoms with Crippen molar-refractivity contribution in [2.75, 3.05) is 11.9 Å². The van der Waals surface area contributed by atoms with Crippen LogP contribution >= 0.6 is 23.4 Å². The van der Waals surface area contributed by atoms with Crippen molar-refractivity contribution in [2.45, 2.75) is 16.8 Å². The molecule has 0 aliphatic heterocycles. The molecule has 1 N–H and O–H groups in total. The van der Waals surface area contributed by atoms with Gasteiger partial charge in [-0.2, -0.15) is 0 Å². The molecule has 0 aliphatic carbocycles. The lowest BCUT2D eigenvalue weighted by Crippen LogP contribution is -1.98. The van der Waals surface area contributed by atoms with Crippen LogP contribution in [0.3, 0.4) is 0 Å². The zero-order valence-electron chi connectivity index (χ0n) is 9.48. The van der Waals surface area contributed by atoms with Crippen molar-refractivity contribution in [3.8, 4) is 0 Å². The minimum absolute atomic E-state index is 0.748. The summed E-state index contributed by atoms with van der Waals surface area (Å²) in [5, 5.41) is 4.91. The lowest BCUT2D eigenvalue weighted by molar-refractivity contribution is 1.08. The second kappa shape index (κ2) is 5.94. The Morgan fingerprint density at radius 2 is 2.06 bits per heavy atom. The van der Waals surface area contributed by atoms with Crippen molar-refractivity contribution in [3.63, 3.8) is 0 Å².